The molecule has 1 spiro atoms. The van der Waals surface area contributed by atoms with Crippen LogP contribution in [0.3, 0.4) is 0 Å². The smallest absolute Gasteiger partial charge is 0.321 e. The molecule has 9 heteroatoms. The van der Waals surface area contributed by atoms with E-state index in [4.69, 9.17) is 9.47 Å². The van der Waals surface area contributed by atoms with Crippen LogP contribution in [-0.2, 0) is 32.7 Å². The molecule has 290 valence electrons. The number of nitrogens with zero attached hydrogens (tertiary/aromatic N) is 2. The normalized spacial score (nSPS) is 21.6. The number of urea groups is 1. The Bertz CT molecular complexity index is 2230. The highest BCUT2D eigenvalue weighted by atomic mass is 16.5. The summed E-state index contributed by atoms with van der Waals surface area (Å²) < 4.78 is 12.1. The number of hydrogen-bond donors (Lipinski definition) is 4. The van der Waals surface area contributed by atoms with Gasteiger partial charge in [-0.1, -0.05) is 109 Å². The molecule has 1 aliphatic heterocycles. The highest BCUT2D eigenvalue weighted by molar-refractivity contribution is 5.78. The highest BCUT2D eigenvalue weighted by Gasteiger charge is 2.68. The van der Waals surface area contributed by atoms with Crippen LogP contribution in [0.15, 0.2) is 158 Å². The molecule has 57 heavy (non-hydrogen) atoms. The molecule has 1 saturated carbocycles. The number of aromatic hydroxyl groups is 2. The van der Waals surface area contributed by atoms with Crippen LogP contribution < -0.4 is 9.47 Å². The molecule has 2 fully saturated rings. The van der Waals surface area contributed by atoms with Crippen LogP contribution >= 0.6 is 0 Å². The van der Waals surface area contributed by atoms with Crippen molar-refractivity contribution in [2.45, 2.75) is 68.9 Å². The van der Waals surface area contributed by atoms with Gasteiger partial charge in [-0.15, -0.1) is 0 Å². The molecule has 2 amide bonds. The second-order valence-electron chi connectivity index (χ2n) is 15.0. The number of phenols is 2. The number of rotatable bonds is 13. The predicted molar refractivity (Wildman–Crippen MR) is 217 cm³/mol. The first kappa shape index (κ1) is 37.6. The minimum Gasteiger partial charge on any atom is -0.508 e. The molecule has 2 unspecified atom stereocenters. The van der Waals surface area contributed by atoms with Crippen molar-refractivity contribution in [1.82, 2.24) is 9.80 Å². The number of aliphatic hydroxyl groups is 2. The molecule has 1 saturated heterocycles. The van der Waals surface area contributed by atoms with Gasteiger partial charge in [0, 0.05) is 19.0 Å². The Morgan fingerprint density at radius 3 is 1.56 bits per heavy atom. The third-order valence-corrected chi connectivity index (χ3v) is 11.3. The molecule has 2 aliphatic rings. The van der Waals surface area contributed by atoms with E-state index >= 15 is 4.79 Å². The summed E-state index contributed by atoms with van der Waals surface area (Å²) in [5.41, 5.74) is 4.29. The summed E-state index contributed by atoms with van der Waals surface area (Å²) in [6, 6.07) is 47.5. The van der Waals surface area contributed by atoms with E-state index in [1.54, 1.807) is 46.2 Å². The lowest BCUT2D eigenvalue weighted by molar-refractivity contribution is -0.0502. The Morgan fingerprint density at radius 2 is 1.04 bits per heavy atom. The Morgan fingerprint density at radius 1 is 0.561 bits per heavy atom. The van der Waals surface area contributed by atoms with Gasteiger partial charge >= 0.3 is 6.03 Å². The number of amides is 2. The zero-order chi connectivity index (χ0) is 39.4. The fraction of sp³-hybridized carbons (Fsp3) is 0.229. The molecule has 0 bridgehead atoms. The monoisotopic (exact) mass is 762 g/mol. The van der Waals surface area contributed by atoms with Crippen molar-refractivity contribution in [2.24, 2.45) is 0 Å². The van der Waals surface area contributed by atoms with Crippen LogP contribution in [0.25, 0.3) is 0 Å². The van der Waals surface area contributed by atoms with Crippen LogP contribution in [0.2, 0.25) is 0 Å². The number of carbonyl (C=O) groups is 1. The van der Waals surface area contributed by atoms with Crippen LogP contribution in [0.1, 0.15) is 45.7 Å². The maximum Gasteiger partial charge on any atom is 0.321 e. The lowest BCUT2D eigenvalue weighted by Gasteiger charge is -2.36. The molecular weight excluding hydrogens is 717 g/mol. The summed E-state index contributed by atoms with van der Waals surface area (Å²) in [5.74, 6) is 1.31. The minimum atomic E-state index is -1.32. The van der Waals surface area contributed by atoms with Crippen molar-refractivity contribution in [3.8, 4) is 23.0 Å². The van der Waals surface area contributed by atoms with Crippen molar-refractivity contribution in [3.63, 3.8) is 0 Å². The first-order valence-corrected chi connectivity index (χ1v) is 19.3. The van der Waals surface area contributed by atoms with E-state index in [0.717, 1.165) is 33.4 Å². The first-order chi connectivity index (χ1) is 27.8. The third kappa shape index (κ3) is 8.31. The van der Waals surface area contributed by atoms with Crippen LogP contribution in [-0.4, -0.2) is 60.0 Å². The van der Waals surface area contributed by atoms with Crippen LogP contribution in [0, 0.1) is 0 Å². The van der Waals surface area contributed by atoms with E-state index in [-0.39, 0.29) is 43.0 Å². The van der Waals surface area contributed by atoms with Gasteiger partial charge < -0.3 is 39.7 Å². The molecule has 6 aromatic rings. The van der Waals surface area contributed by atoms with Crippen molar-refractivity contribution in [2.75, 3.05) is 0 Å². The third-order valence-electron chi connectivity index (χ3n) is 11.3. The maximum absolute atomic E-state index is 15.3. The van der Waals surface area contributed by atoms with Gasteiger partial charge in [0.15, 0.2) is 0 Å². The first-order valence-electron chi connectivity index (χ1n) is 19.3. The largest absolute Gasteiger partial charge is 0.508 e. The summed E-state index contributed by atoms with van der Waals surface area (Å²) in [6.45, 7) is 1.17. The van der Waals surface area contributed by atoms with Crippen molar-refractivity contribution in [3.05, 3.63) is 191 Å². The van der Waals surface area contributed by atoms with E-state index in [1.807, 2.05) is 121 Å². The molecule has 1 aliphatic carbocycles. The van der Waals surface area contributed by atoms with Crippen LogP contribution in [0.5, 0.6) is 23.0 Å². The lowest BCUT2D eigenvalue weighted by atomic mass is 9.90. The molecule has 0 radical (unpaired) electrons. The van der Waals surface area contributed by atoms with E-state index in [1.165, 1.54) is 0 Å². The summed E-state index contributed by atoms with van der Waals surface area (Å²) in [7, 11) is 0. The summed E-state index contributed by atoms with van der Waals surface area (Å²) >= 11 is 0. The van der Waals surface area contributed by atoms with Crippen LogP contribution in [0.4, 0.5) is 4.79 Å². The van der Waals surface area contributed by atoms with Gasteiger partial charge in [-0.05, 0) is 94.8 Å². The van der Waals surface area contributed by atoms with Crippen molar-refractivity contribution in [1.29, 1.82) is 0 Å². The van der Waals surface area contributed by atoms with Gasteiger partial charge in [0.05, 0.1) is 11.6 Å². The molecule has 5 atom stereocenters. The number of carbonyl (C=O) groups excluding carboxylic acids is 1. The SMILES string of the molecule is O=C1N(Cc2ccc(OCc3ccccc3)cc2)[C@H](Cc2ccc(O)cc2)[C@H](O)[C@@H](O)C2(CC2c2ccc(O)cc2)N1Cc1ccc(OCc2ccccc2)cc1. The van der Waals surface area contributed by atoms with Gasteiger partial charge in [-0.25, -0.2) is 4.79 Å². The number of hydrogen-bond acceptors (Lipinski definition) is 7. The molecule has 4 N–H and O–H groups in total. The number of phenolic OH excluding ortho intramolecular Hbond substituents is 2. The number of benzene rings is 6. The fourth-order valence-electron chi connectivity index (χ4n) is 8.08. The fourth-order valence-corrected chi connectivity index (χ4v) is 8.08. The summed E-state index contributed by atoms with van der Waals surface area (Å²) in [5, 5.41) is 44.8. The highest BCUT2D eigenvalue weighted by Crippen LogP contribution is 2.60. The molecule has 1 heterocycles. The maximum atomic E-state index is 15.3. The van der Waals surface area contributed by atoms with Gasteiger partial charge in [0.2, 0.25) is 0 Å². The summed E-state index contributed by atoms with van der Waals surface area (Å²) in [6.07, 6.45) is -1.97. The van der Waals surface area contributed by atoms with Crippen molar-refractivity contribution >= 4 is 6.03 Å². The molecule has 9 nitrogen and oxygen atoms in total. The van der Waals surface area contributed by atoms with Crippen molar-refractivity contribution < 1.29 is 34.7 Å². The van der Waals surface area contributed by atoms with E-state index in [2.05, 4.69) is 0 Å². The second kappa shape index (κ2) is 16.4. The quantitative estimate of drug-likeness (QED) is 0.0942. The Labute approximate surface area is 332 Å². The molecule has 6 aromatic carbocycles. The predicted octanol–water partition coefficient (Wildman–Crippen LogP) is 7.95. The molecule has 0 aromatic heterocycles. The standard InChI is InChI=1S/C48H46N2O7/c51-39-19-11-33(12-20-39)27-44-45(53)46(54)48(28-43(48)38-17-21-40(52)22-18-38)50(30-35-15-25-42(26-16-35)57-32-37-9-5-2-6-10-37)47(55)49(44)29-34-13-23-41(24-14-34)56-31-36-7-3-1-4-8-36/h1-26,43-46,51-54H,27-32H2/t43?,44-,45+,46-,48?/m1/s1. The van der Waals surface area contributed by atoms with E-state index in [0.29, 0.717) is 31.1 Å². The Kier molecular flexibility index (Phi) is 10.8. The van der Waals surface area contributed by atoms with Gasteiger partial charge in [-0.3, -0.25) is 0 Å². The zero-order valence-corrected chi connectivity index (χ0v) is 31.5. The van der Waals surface area contributed by atoms with Gasteiger partial charge in [-0.2, -0.15) is 0 Å². The Balaban J connectivity index is 1.12. The van der Waals surface area contributed by atoms with E-state index in [9.17, 15) is 20.4 Å². The summed E-state index contributed by atoms with van der Waals surface area (Å²) in [4.78, 5) is 18.8. The minimum absolute atomic E-state index is 0.110. The average Bonchev–Trinajstić information content (AvgIpc) is 4.01. The number of ether oxygens (including phenoxy) is 2. The van der Waals surface area contributed by atoms with Gasteiger partial charge in [0.25, 0.3) is 0 Å². The van der Waals surface area contributed by atoms with E-state index < -0.39 is 23.8 Å². The van der Waals surface area contributed by atoms with Gasteiger partial charge in [0.1, 0.15) is 48.4 Å². The zero-order valence-electron chi connectivity index (χ0n) is 31.5. The number of aliphatic hydroxyl groups excluding tert-OH is 2. The Hall–Kier alpha value is -6.29. The topological polar surface area (TPSA) is 123 Å². The average molecular weight is 763 g/mol. The molecule has 8 rings (SSSR count). The lowest BCUT2D eigenvalue weighted by Crippen LogP contribution is -2.52. The second-order valence-corrected chi connectivity index (χ2v) is 15.0. The molecular formula is C48H46N2O7.